The van der Waals surface area contributed by atoms with E-state index in [4.69, 9.17) is 0 Å². The smallest absolute Gasteiger partial charge is 0.247 e. The normalized spacial score (nSPS) is 11.2. The topological polar surface area (TPSA) is 23.6 Å². The van der Waals surface area contributed by atoms with Crippen LogP contribution in [-0.2, 0) is 4.79 Å². The van der Waals surface area contributed by atoms with E-state index < -0.39 is 0 Å². The van der Waals surface area contributed by atoms with Crippen LogP contribution in [0.2, 0.25) is 0 Å². The molecular formula is C8H16N2O. The zero-order chi connectivity index (χ0) is 9.02. The Balaban J connectivity index is 4.20. The van der Waals surface area contributed by atoms with Gasteiger partial charge in [-0.25, -0.2) is 0 Å². The van der Waals surface area contributed by atoms with Gasteiger partial charge in [-0.15, -0.1) is 0 Å². The number of carbonyl (C=O) groups excluding carboxylic acids is 1. The van der Waals surface area contributed by atoms with Crippen LogP contribution in [-0.4, -0.2) is 43.9 Å². The number of rotatable bonds is 2. The van der Waals surface area contributed by atoms with Gasteiger partial charge in [0.25, 0.3) is 0 Å². The molecule has 3 nitrogen and oxygen atoms in total. The summed E-state index contributed by atoms with van der Waals surface area (Å²) >= 11 is 0. The minimum atomic E-state index is 0.0243. The van der Waals surface area contributed by atoms with Crippen LogP contribution in [0.4, 0.5) is 0 Å². The van der Waals surface area contributed by atoms with Crippen LogP contribution in [0.1, 0.15) is 6.92 Å². The molecule has 3 heteroatoms. The molecule has 0 atom stereocenters. The standard InChI is InChI=1S/C8H16N2O/c1-7(9(2)3)6-8(11)10(4)5/h6H,1-5H3. The predicted octanol–water partition coefficient (Wildman–Crippen LogP) is 0.540. The summed E-state index contributed by atoms with van der Waals surface area (Å²) in [4.78, 5) is 14.5. The first kappa shape index (κ1) is 10.0. The summed E-state index contributed by atoms with van der Waals surface area (Å²) in [5.74, 6) is 0.0243. The fraction of sp³-hybridized carbons (Fsp3) is 0.625. The molecule has 64 valence electrons. The van der Waals surface area contributed by atoms with E-state index in [0.29, 0.717) is 0 Å². The average molecular weight is 156 g/mol. The van der Waals surface area contributed by atoms with E-state index in [2.05, 4.69) is 0 Å². The summed E-state index contributed by atoms with van der Waals surface area (Å²) in [7, 11) is 7.30. The molecule has 0 heterocycles. The van der Waals surface area contributed by atoms with Crippen LogP contribution in [0.15, 0.2) is 11.8 Å². The van der Waals surface area contributed by atoms with Gasteiger partial charge in [0.2, 0.25) is 5.91 Å². The first-order valence-electron chi connectivity index (χ1n) is 3.52. The average Bonchev–Trinajstić information content (AvgIpc) is 1.87. The molecule has 0 N–H and O–H groups in total. The van der Waals surface area contributed by atoms with Gasteiger partial charge in [0, 0.05) is 40.0 Å². The Kier molecular flexibility index (Phi) is 3.65. The second kappa shape index (κ2) is 4.01. The summed E-state index contributed by atoms with van der Waals surface area (Å²) in [5.41, 5.74) is 0.962. The lowest BCUT2D eigenvalue weighted by atomic mass is 10.4. The SMILES string of the molecule is CC(=CC(=O)N(C)C)N(C)C. The number of hydrogen-bond acceptors (Lipinski definition) is 2. The Labute approximate surface area is 68.3 Å². The van der Waals surface area contributed by atoms with Crippen molar-refractivity contribution in [3.8, 4) is 0 Å². The molecule has 0 aromatic carbocycles. The fourth-order valence-corrected chi connectivity index (χ4v) is 0.437. The molecular weight excluding hydrogens is 140 g/mol. The van der Waals surface area contributed by atoms with E-state index in [1.54, 1.807) is 25.1 Å². The molecule has 11 heavy (non-hydrogen) atoms. The molecule has 0 fully saturated rings. The van der Waals surface area contributed by atoms with Crippen LogP contribution in [0.3, 0.4) is 0 Å². The summed E-state index contributed by atoms with van der Waals surface area (Å²) in [6.07, 6.45) is 1.61. The van der Waals surface area contributed by atoms with E-state index in [1.807, 2.05) is 25.9 Å². The molecule has 0 aliphatic rings. The van der Waals surface area contributed by atoms with Crippen molar-refractivity contribution in [1.82, 2.24) is 9.80 Å². The quantitative estimate of drug-likeness (QED) is 0.545. The highest BCUT2D eigenvalue weighted by atomic mass is 16.2. The van der Waals surface area contributed by atoms with Crippen LogP contribution >= 0.6 is 0 Å². The second-order valence-electron chi connectivity index (χ2n) is 2.91. The Hall–Kier alpha value is -0.990. The van der Waals surface area contributed by atoms with Gasteiger partial charge in [0.1, 0.15) is 0 Å². The van der Waals surface area contributed by atoms with Crippen molar-refractivity contribution < 1.29 is 4.79 Å². The minimum Gasteiger partial charge on any atom is -0.381 e. The maximum absolute atomic E-state index is 11.1. The summed E-state index contributed by atoms with van der Waals surface area (Å²) in [5, 5.41) is 0. The number of likely N-dealkylation sites (N-methyl/N-ethyl adjacent to an activating group) is 1. The van der Waals surface area contributed by atoms with Gasteiger partial charge >= 0.3 is 0 Å². The lowest BCUT2D eigenvalue weighted by molar-refractivity contribution is -0.123. The van der Waals surface area contributed by atoms with Crippen molar-refractivity contribution in [2.75, 3.05) is 28.2 Å². The third-order valence-electron chi connectivity index (χ3n) is 1.48. The van der Waals surface area contributed by atoms with Crippen LogP contribution in [0.25, 0.3) is 0 Å². The zero-order valence-corrected chi connectivity index (χ0v) is 7.88. The molecule has 0 aromatic rings. The highest BCUT2D eigenvalue weighted by Crippen LogP contribution is 1.96. The van der Waals surface area contributed by atoms with Crippen molar-refractivity contribution in [1.29, 1.82) is 0 Å². The summed E-state index contributed by atoms with van der Waals surface area (Å²) in [6, 6.07) is 0. The zero-order valence-electron chi connectivity index (χ0n) is 7.88. The van der Waals surface area contributed by atoms with E-state index in [1.165, 1.54) is 0 Å². The molecule has 0 aliphatic heterocycles. The van der Waals surface area contributed by atoms with Crippen LogP contribution < -0.4 is 0 Å². The molecule has 0 rings (SSSR count). The van der Waals surface area contributed by atoms with Gasteiger partial charge in [-0.3, -0.25) is 4.79 Å². The third kappa shape index (κ3) is 3.65. The number of allylic oxidation sites excluding steroid dienone is 1. The van der Waals surface area contributed by atoms with Gasteiger partial charge in [-0.2, -0.15) is 0 Å². The van der Waals surface area contributed by atoms with Gasteiger partial charge < -0.3 is 9.80 Å². The maximum Gasteiger partial charge on any atom is 0.247 e. The first-order valence-corrected chi connectivity index (χ1v) is 3.52. The molecule has 0 spiro atoms. The Morgan fingerprint density at radius 3 is 1.82 bits per heavy atom. The van der Waals surface area contributed by atoms with Crippen molar-refractivity contribution in [2.24, 2.45) is 0 Å². The number of carbonyl (C=O) groups is 1. The number of hydrogen-bond donors (Lipinski definition) is 0. The van der Waals surface area contributed by atoms with Crippen molar-refractivity contribution in [2.45, 2.75) is 6.92 Å². The lowest BCUT2D eigenvalue weighted by Gasteiger charge is -2.13. The molecule has 0 saturated carbocycles. The van der Waals surface area contributed by atoms with Gasteiger partial charge in [-0.05, 0) is 6.92 Å². The highest BCUT2D eigenvalue weighted by Gasteiger charge is 2.00. The minimum absolute atomic E-state index is 0.0243. The summed E-state index contributed by atoms with van der Waals surface area (Å²) in [6.45, 7) is 1.90. The van der Waals surface area contributed by atoms with Gasteiger partial charge in [0.05, 0.1) is 0 Å². The van der Waals surface area contributed by atoms with E-state index >= 15 is 0 Å². The Bertz CT molecular complexity index is 171. The monoisotopic (exact) mass is 156 g/mol. The molecule has 0 bridgehead atoms. The van der Waals surface area contributed by atoms with Crippen LogP contribution in [0.5, 0.6) is 0 Å². The number of amides is 1. The van der Waals surface area contributed by atoms with Crippen molar-refractivity contribution in [3.63, 3.8) is 0 Å². The highest BCUT2D eigenvalue weighted by molar-refractivity contribution is 5.87. The third-order valence-corrected chi connectivity index (χ3v) is 1.48. The molecule has 0 aliphatic carbocycles. The molecule has 0 radical (unpaired) electrons. The van der Waals surface area contributed by atoms with Crippen LogP contribution in [0, 0.1) is 0 Å². The van der Waals surface area contributed by atoms with Crippen molar-refractivity contribution in [3.05, 3.63) is 11.8 Å². The Morgan fingerprint density at radius 1 is 1.09 bits per heavy atom. The second-order valence-corrected chi connectivity index (χ2v) is 2.91. The Morgan fingerprint density at radius 2 is 1.55 bits per heavy atom. The molecule has 0 unspecified atom stereocenters. The fourth-order valence-electron chi connectivity index (χ4n) is 0.437. The predicted molar refractivity (Wildman–Crippen MR) is 46.1 cm³/mol. The molecule has 0 saturated heterocycles. The van der Waals surface area contributed by atoms with Gasteiger partial charge in [-0.1, -0.05) is 0 Å². The molecule has 0 aromatic heterocycles. The largest absolute Gasteiger partial charge is 0.381 e. The number of nitrogens with zero attached hydrogens (tertiary/aromatic N) is 2. The van der Waals surface area contributed by atoms with E-state index in [9.17, 15) is 4.79 Å². The molecule has 1 amide bonds. The van der Waals surface area contributed by atoms with Gasteiger partial charge in [0.15, 0.2) is 0 Å². The lowest BCUT2D eigenvalue weighted by Crippen LogP contribution is -2.21. The maximum atomic E-state index is 11.1. The van der Waals surface area contributed by atoms with E-state index in [-0.39, 0.29) is 5.91 Å². The summed E-state index contributed by atoms with van der Waals surface area (Å²) < 4.78 is 0. The first-order chi connectivity index (χ1) is 4.95. The van der Waals surface area contributed by atoms with Crippen molar-refractivity contribution >= 4 is 5.91 Å². The van der Waals surface area contributed by atoms with E-state index in [0.717, 1.165) is 5.70 Å².